The van der Waals surface area contributed by atoms with Gasteiger partial charge in [-0.2, -0.15) is 0 Å². The van der Waals surface area contributed by atoms with Gasteiger partial charge in [-0.1, -0.05) is 37.5 Å². The molecule has 4 fully saturated rings. The van der Waals surface area contributed by atoms with Crippen LogP contribution in [0.25, 0.3) is 0 Å². The molecule has 0 spiro atoms. The summed E-state index contributed by atoms with van der Waals surface area (Å²) < 4.78 is 21.4. The molecule has 6 N–H and O–H groups in total. The van der Waals surface area contributed by atoms with Crippen LogP contribution in [0.5, 0.6) is 0 Å². The molecule has 13 heteroatoms. The zero-order chi connectivity index (χ0) is 37.5. The molecule has 1 saturated carbocycles. The van der Waals surface area contributed by atoms with Crippen LogP contribution >= 0.6 is 0 Å². The Morgan fingerprint density at radius 1 is 0.755 bits per heavy atom. The van der Waals surface area contributed by atoms with Gasteiger partial charge in [-0.05, 0) is 74.3 Å². The van der Waals surface area contributed by atoms with Gasteiger partial charge in [0.15, 0.2) is 5.71 Å². The minimum atomic E-state index is -0.629. The summed E-state index contributed by atoms with van der Waals surface area (Å²) in [6.07, 6.45) is 9.56. The van der Waals surface area contributed by atoms with Crippen molar-refractivity contribution < 1.29 is 33.7 Å². The second-order valence-corrected chi connectivity index (χ2v) is 15.2. The fourth-order valence-corrected chi connectivity index (χ4v) is 8.35. The van der Waals surface area contributed by atoms with Crippen molar-refractivity contribution in [2.24, 2.45) is 17.4 Å². The fourth-order valence-electron chi connectivity index (χ4n) is 8.35. The van der Waals surface area contributed by atoms with Crippen LogP contribution in [0.2, 0.25) is 0 Å². The number of piperidine rings is 2. The molecule has 4 aliphatic rings. The van der Waals surface area contributed by atoms with Gasteiger partial charge in [-0.3, -0.25) is 29.5 Å². The molecule has 3 aliphatic heterocycles. The number of halogens is 1. The summed E-state index contributed by atoms with van der Waals surface area (Å²) in [5.74, 6) is -1.22. The molecule has 53 heavy (non-hydrogen) atoms. The molecule has 0 unspecified atom stereocenters. The van der Waals surface area contributed by atoms with E-state index in [1.165, 1.54) is 31.4 Å². The fraction of sp³-hybridized carbons (Fsp3) is 0.575. The number of benzene rings is 2. The van der Waals surface area contributed by atoms with Crippen LogP contribution < -0.4 is 16.9 Å². The first-order chi connectivity index (χ1) is 25.6. The lowest BCUT2D eigenvalue weighted by Crippen LogP contribution is -2.53. The molecule has 286 valence electrons. The molecule has 2 aromatic rings. The number of amides is 4. The van der Waals surface area contributed by atoms with E-state index in [2.05, 4.69) is 4.90 Å². The van der Waals surface area contributed by atoms with E-state index in [0.29, 0.717) is 74.1 Å². The van der Waals surface area contributed by atoms with Gasteiger partial charge in [-0.25, -0.2) is 4.39 Å². The summed E-state index contributed by atoms with van der Waals surface area (Å²) in [6.45, 7) is 4.62. The SMILES string of the molecule is NC(=O)c1ccccc1C(=[NH2+])Cc1ccc(F)c(C(=O)N2CCN(C(=O)CN3CCC(OC4CCN(C(=O)[C@H](N)C5CCCCC5)CC4)CC3)CC2)c1. The average molecular weight is 733 g/mol. The average Bonchev–Trinajstić information content (AvgIpc) is 3.19. The standard InChI is InChI=1S/C40H54FN7O5/c41-34-11-10-27(25-35(42)31-8-4-5-9-32(31)38(44)50)24-33(34)39(51)48-22-20-46(21-23-48)36(49)26-45-16-12-29(13-17-45)53-30-14-18-47(19-15-30)40(52)37(43)28-6-2-1-3-7-28/h4-5,8-11,24,28-30,37,42H,1-3,6-7,12-23,25-26,43H2,(H2,44,50)/p+1/t37-/m1/s1. The highest BCUT2D eigenvalue weighted by Gasteiger charge is 2.34. The van der Waals surface area contributed by atoms with Crippen molar-refractivity contribution in [3.63, 3.8) is 0 Å². The largest absolute Gasteiger partial charge is 0.375 e. The van der Waals surface area contributed by atoms with Crippen molar-refractivity contribution in [3.8, 4) is 0 Å². The zero-order valence-corrected chi connectivity index (χ0v) is 30.7. The van der Waals surface area contributed by atoms with Crippen LogP contribution in [0.15, 0.2) is 42.5 Å². The van der Waals surface area contributed by atoms with Crippen molar-refractivity contribution in [1.82, 2.24) is 19.6 Å². The number of nitrogens with two attached hydrogens (primary N) is 3. The Kier molecular flexibility index (Phi) is 12.9. The monoisotopic (exact) mass is 732 g/mol. The van der Waals surface area contributed by atoms with Crippen LogP contribution in [-0.2, 0) is 20.7 Å². The maximum atomic E-state index is 14.9. The normalized spacial score (nSPS) is 20.3. The van der Waals surface area contributed by atoms with Crippen molar-refractivity contribution in [1.29, 1.82) is 0 Å². The van der Waals surface area contributed by atoms with Gasteiger partial charge < -0.3 is 30.9 Å². The Balaban J connectivity index is 0.904. The number of carbonyl (C=O) groups is 4. The number of nitrogens with zero attached hydrogens (tertiary/aromatic N) is 4. The Morgan fingerprint density at radius 3 is 2.00 bits per heavy atom. The summed E-state index contributed by atoms with van der Waals surface area (Å²) >= 11 is 0. The highest BCUT2D eigenvalue weighted by Crippen LogP contribution is 2.28. The molecule has 4 amide bonds. The maximum Gasteiger partial charge on any atom is 0.256 e. The lowest BCUT2D eigenvalue weighted by atomic mass is 9.83. The lowest BCUT2D eigenvalue weighted by molar-refractivity contribution is -0.139. The maximum absolute atomic E-state index is 14.9. The van der Waals surface area contributed by atoms with E-state index in [1.54, 1.807) is 40.1 Å². The number of hydrogen-bond donors (Lipinski definition) is 3. The summed E-state index contributed by atoms with van der Waals surface area (Å²) in [4.78, 5) is 59.0. The second-order valence-electron chi connectivity index (χ2n) is 15.2. The first-order valence-corrected chi connectivity index (χ1v) is 19.4. The van der Waals surface area contributed by atoms with Gasteiger partial charge in [0.1, 0.15) is 5.82 Å². The number of primary amides is 1. The van der Waals surface area contributed by atoms with Crippen LogP contribution in [0.1, 0.15) is 89.6 Å². The molecule has 0 aromatic heterocycles. The van der Waals surface area contributed by atoms with Crippen LogP contribution in [0.3, 0.4) is 0 Å². The predicted octanol–water partition coefficient (Wildman–Crippen LogP) is 1.38. The molecular formula is C40H55FN7O5+. The highest BCUT2D eigenvalue weighted by atomic mass is 19.1. The minimum Gasteiger partial charge on any atom is -0.375 e. The Morgan fingerprint density at radius 2 is 1.36 bits per heavy atom. The third kappa shape index (κ3) is 9.68. The van der Waals surface area contributed by atoms with E-state index in [4.69, 9.17) is 21.6 Å². The quantitative estimate of drug-likeness (QED) is 0.294. The third-order valence-corrected chi connectivity index (χ3v) is 11.6. The molecule has 0 bridgehead atoms. The highest BCUT2D eigenvalue weighted by molar-refractivity contribution is 6.08. The van der Waals surface area contributed by atoms with Crippen molar-refractivity contribution in [3.05, 3.63) is 70.5 Å². The lowest BCUT2D eigenvalue weighted by Gasteiger charge is -2.39. The molecule has 3 heterocycles. The van der Waals surface area contributed by atoms with Gasteiger partial charge in [0.25, 0.3) is 5.91 Å². The molecule has 6 rings (SSSR count). The Bertz CT molecular complexity index is 1640. The first kappa shape index (κ1) is 38.5. The van der Waals surface area contributed by atoms with Crippen LogP contribution in [-0.4, -0.2) is 126 Å². The molecule has 3 saturated heterocycles. The van der Waals surface area contributed by atoms with Gasteiger partial charge >= 0.3 is 0 Å². The number of hydrogen-bond acceptors (Lipinski definition) is 7. The van der Waals surface area contributed by atoms with Crippen molar-refractivity contribution >= 4 is 29.3 Å². The Hall–Kier alpha value is -4.20. The zero-order valence-electron chi connectivity index (χ0n) is 30.7. The molecule has 12 nitrogen and oxygen atoms in total. The second kappa shape index (κ2) is 17.7. The van der Waals surface area contributed by atoms with E-state index in [1.807, 2.05) is 4.90 Å². The summed E-state index contributed by atoms with van der Waals surface area (Å²) in [6, 6.07) is 10.7. The third-order valence-electron chi connectivity index (χ3n) is 11.6. The van der Waals surface area contributed by atoms with Crippen LogP contribution in [0.4, 0.5) is 4.39 Å². The summed E-state index contributed by atoms with van der Waals surface area (Å²) in [5, 5.41) is 6.33. The van der Waals surface area contributed by atoms with Crippen LogP contribution in [0, 0.1) is 11.7 Å². The van der Waals surface area contributed by atoms with Crippen molar-refractivity contribution in [2.75, 3.05) is 58.9 Å². The molecule has 2 aromatic carbocycles. The van der Waals surface area contributed by atoms with Gasteiger partial charge in [-0.15, -0.1) is 0 Å². The van der Waals surface area contributed by atoms with E-state index in [9.17, 15) is 23.6 Å². The smallest absolute Gasteiger partial charge is 0.256 e. The van der Waals surface area contributed by atoms with Gasteiger partial charge in [0.05, 0.1) is 47.9 Å². The number of piperazine rings is 1. The number of likely N-dealkylation sites (tertiary alicyclic amines) is 2. The van der Waals surface area contributed by atoms with E-state index < -0.39 is 17.6 Å². The van der Waals surface area contributed by atoms with E-state index in [0.717, 1.165) is 51.6 Å². The summed E-state index contributed by atoms with van der Waals surface area (Å²) in [7, 11) is 0. The van der Waals surface area contributed by atoms with Crippen molar-refractivity contribution in [2.45, 2.75) is 82.5 Å². The first-order valence-electron chi connectivity index (χ1n) is 19.4. The minimum absolute atomic E-state index is 0.0235. The van der Waals surface area contributed by atoms with E-state index in [-0.39, 0.29) is 42.0 Å². The molecule has 1 aliphatic carbocycles. The molecular weight excluding hydrogens is 677 g/mol. The topological polar surface area (TPSA) is 168 Å². The molecule has 0 radical (unpaired) electrons. The van der Waals surface area contributed by atoms with E-state index >= 15 is 0 Å². The Labute approximate surface area is 311 Å². The summed E-state index contributed by atoms with van der Waals surface area (Å²) in [5.41, 5.74) is 13.6. The number of ether oxygens (including phenoxy) is 1. The molecule has 1 atom stereocenters. The number of rotatable bonds is 11. The van der Waals surface area contributed by atoms with Gasteiger partial charge in [0, 0.05) is 52.4 Å². The predicted molar refractivity (Wildman–Crippen MR) is 198 cm³/mol. The van der Waals surface area contributed by atoms with Gasteiger partial charge in [0.2, 0.25) is 17.7 Å². The number of carbonyl (C=O) groups excluding carboxylic acids is 4.